The van der Waals surface area contributed by atoms with Gasteiger partial charge < -0.3 is 20.1 Å². The van der Waals surface area contributed by atoms with Gasteiger partial charge in [0.05, 0.1) is 29.6 Å². The van der Waals surface area contributed by atoms with Crippen molar-refractivity contribution in [2.45, 2.75) is 6.42 Å². The van der Waals surface area contributed by atoms with Crippen molar-refractivity contribution in [3.05, 3.63) is 47.8 Å². The predicted molar refractivity (Wildman–Crippen MR) is 91.5 cm³/mol. The second kappa shape index (κ2) is 5.94. The molecule has 4 rings (SSSR count). The monoisotopic (exact) mass is 336 g/mol. The molecule has 0 unspecified atom stereocenters. The first-order chi connectivity index (χ1) is 12.2. The van der Waals surface area contributed by atoms with Crippen LogP contribution in [0.5, 0.6) is 11.5 Å². The summed E-state index contributed by atoms with van der Waals surface area (Å²) in [6.45, 7) is 0.624. The number of nitrogens with one attached hydrogen (secondary N) is 2. The molecule has 0 bridgehead atoms. The lowest BCUT2D eigenvalue weighted by Crippen LogP contribution is -2.31. The Kier molecular flexibility index (Phi) is 3.61. The van der Waals surface area contributed by atoms with Crippen LogP contribution in [0.15, 0.2) is 36.5 Å². The van der Waals surface area contributed by atoms with Gasteiger partial charge in [-0.3, -0.25) is 4.79 Å². The van der Waals surface area contributed by atoms with Crippen molar-refractivity contribution < 1.29 is 14.6 Å². The van der Waals surface area contributed by atoms with Gasteiger partial charge in [-0.05, 0) is 30.3 Å². The van der Waals surface area contributed by atoms with Gasteiger partial charge in [-0.15, -0.1) is 0 Å². The van der Waals surface area contributed by atoms with E-state index in [-0.39, 0.29) is 11.7 Å². The number of benzene rings is 1. The summed E-state index contributed by atoms with van der Waals surface area (Å²) in [4.78, 5) is 24.0. The fraction of sp³-hybridized carbons (Fsp3) is 0.167. The van der Waals surface area contributed by atoms with Gasteiger partial charge in [-0.1, -0.05) is 0 Å². The molecule has 1 aliphatic heterocycles. The zero-order valence-electron chi connectivity index (χ0n) is 13.5. The number of aromatic nitrogens is 3. The van der Waals surface area contributed by atoms with Crippen molar-refractivity contribution in [1.29, 1.82) is 0 Å². The van der Waals surface area contributed by atoms with Gasteiger partial charge in [0.2, 0.25) is 0 Å². The number of fused-ring (bicyclic) bond motifs is 1. The van der Waals surface area contributed by atoms with Crippen LogP contribution in [0.1, 0.15) is 16.1 Å². The lowest BCUT2D eigenvalue weighted by Gasteiger charge is -2.10. The highest BCUT2D eigenvalue weighted by molar-refractivity contribution is 5.97. The van der Waals surface area contributed by atoms with Gasteiger partial charge >= 0.3 is 0 Å². The number of H-pyrrole nitrogens is 1. The van der Waals surface area contributed by atoms with Gasteiger partial charge in [0.1, 0.15) is 11.5 Å². The third kappa shape index (κ3) is 2.69. The number of amides is 1. The number of phenolic OH excluding ortho intramolecular Hbond substituents is 1. The molecule has 0 saturated carbocycles. The summed E-state index contributed by atoms with van der Waals surface area (Å²) in [5, 5.41) is 12.9. The van der Waals surface area contributed by atoms with E-state index < -0.39 is 0 Å². The maximum absolute atomic E-state index is 11.9. The second-order valence-corrected chi connectivity index (χ2v) is 5.73. The summed E-state index contributed by atoms with van der Waals surface area (Å²) in [7, 11) is 1.56. The molecule has 2 aromatic heterocycles. The number of hydrogen-bond donors (Lipinski definition) is 3. The minimum absolute atomic E-state index is 0.0723. The van der Waals surface area contributed by atoms with Crippen LogP contribution in [0.3, 0.4) is 0 Å². The summed E-state index contributed by atoms with van der Waals surface area (Å²) < 4.78 is 5.20. The number of carbonyl (C=O) groups excluding carboxylic acids is 1. The van der Waals surface area contributed by atoms with Crippen molar-refractivity contribution in [1.82, 2.24) is 20.3 Å². The first kappa shape index (κ1) is 15.2. The van der Waals surface area contributed by atoms with Crippen LogP contribution >= 0.6 is 0 Å². The number of aromatic hydroxyl groups is 1. The molecule has 3 heterocycles. The molecule has 0 aliphatic carbocycles. The molecule has 0 spiro atoms. The molecular weight excluding hydrogens is 320 g/mol. The fourth-order valence-electron chi connectivity index (χ4n) is 2.89. The Morgan fingerprint density at radius 2 is 2.08 bits per heavy atom. The Morgan fingerprint density at radius 3 is 2.88 bits per heavy atom. The van der Waals surface area contributed by atoms with E-state index in [1.807, 2.05) is 0 Å². The van der Waals surface area contributed by atoms with E-state index in [9.17, 15) is 9.90 Å². The Bertz CT molecular complexity index is 965. The molecule has 126 valence electrons. The van der Waals surface area contributed by atoms with Gasteiger partial charge in [0.25, 0.3) is 5.91 Å². The Hall–Kier alpha value is -3.35. The smallest absolute Gasteiger partial charge is 0.253 e. The maximum Gasteiger partial charge on any atom is 0.253 e. The van der Waals surface area contributed by atoms with Gasteiger partial charge in [0.15, 0.2) is 5.82 Å². The first-order valence-corrected chi connectivity index (χ1v) is 7.86. The minimum atomic E-state index is -0.0801. The highest BCUT2D eigenvalue weighted by Gasteiger charge is 2.20. The Morgan fingerprint density at radius 1 is 1.20 bits per heavy atom. The van der Waals surface area contributed by atoms with Crippen molar-refractivity contribution in [2.75, 3.05) is 13.7 Å². The molecule has 7 heteroatoms. The molecule has 0 fully saturated rings. The summed E-state index contributed by atoms with van der Waals surface area (Å²) in [6.07, 6.45) is 2.38. The quantitative estimate of drug-likeness (QED) is 0.680. The summed E-state index contributed by atoms with van der Waals surface area (Å²) >= 11 is 0. The third-order valence-electron chi connectivity index (χ3n) is 4.18. The van der Waals surface area contributed by atoms with Gasteiger partial charge in [-0.2, -0.15) is 0 Å². The van der Waals surface area contributed by atoms with E-state index in [2.05, 4.69) is 20.3 Å². The van der Waals surface area contributed by atoms with E-state index >= 15 is 0 Å². The predicted octanol–water partition coefficient (Wildman–Crippen LogP) is 2.14. The van der Waals surface area contributed by atoms with Gasteiger partial charge in [-0.25, -0.2) is 9.97 Å². The molecule has 1 amide bonds. The molecule has 0 radical (unpaired) electrons. The molecule has 3 aromatic rings. The van der Waals surface area contributed by atoms with Crippen LogP contribution in [0.2, 0.25) is 0 Å². The number of nitrogens with zero attached hydrogens (tertiary/aromatic N) is 2. The topological polar surface area (TPSA) is 100 Å². The summed E-state index contributed by atoms with van der Waals surface area (Å²) in [6, 6.07) is 8.45. The lowest BCUT2D eigenvalue weighted by atomic mass is 10.1. The van der Waals surface area contributed by atoms with E-state index in [1.54, 1.807) is 43.6 Å². The number of aromatic amines is 1. The summed E-state index contributed by atoms with van der Waals surface area (Å²) in [5.41, 5.74) is 3.42. The molecule has 7 nitrogen and oxygen atoms in total. The highest BCUT2D eigenvalue weighted by Crippen LogP contribution is 2.31. The molecule has 0 atom stereocenters. The van der Waals surface area contributed by atoms with Crippen molar-refractivity contribution in [3.63, 3.8) is 0 Å². The van der Waals surface area contributed by atoms with Crippen LogP contribution in [-0.4, -0.2) is 39.6 Å². The van der Waals surface area contributed by atoms with Crippen molar-refractivity contribution >= 4 is 5.91 Å². The Balaban J connectivity index is 1.77. The van der Waals surface area contributed by atoms with Crippen molar-refractivity contribution in [3.8, 4) is 34.3 Å². The normalized spacial score (nSPS) is 13.2. The minimum Gasteiger partial charge on any atom is -0.507 e. The van der Waals surface area contributed by atoms with Gasteiger partial charge in [0, 0.05) is 24.9 Å². The van der Waals surface area contributed by atoms with Crippen LogP contribution in [0.4, 0.5) is 0 Å². The summed E-state index contributed by atoms with van der Waals surface area (Å²) in [5.74, 6) is 0.978. The average molecular weight is 336 g/mol. The number of rotatable bonds is 3. The number of carbonyl (C=O) groups is 1. The Labute approximate surface area is 143 Å². The SMILES string of the molecule is COc1ccc(O)c(-c2nccc(-c3cc4c([nH]3)CCNC4=O)n2)c1. The van der Waals surface area contributed by atoms with E-state index in [0.29, 0.717) is 34.9 Å². The molecule has 1 aliphatic rings. The standard InChI is InChI=1S/C18H16N4O3/c1-25-10-2-3-16(23)12(8-10)17-19-6-5-14(22-17)15-9-11-13(21-15)4-7-20-18(11)24/h2-3,5-6,8-9,21,23H,4,7H2,1H3,(H,20,24). The van der Waals surface area contributed by atoms with E-state index in [1.165, 1.54) is 0 Å². The number of hydrogen-bond acceptors (Lipinski definition) is 5. The molecule has 25 heavy (non-hydrogen) atoms. The second-order valence-electron chi connectivity index (χ2n) is 5.73. The third-order valence-corrected chi connectivity index (χ3v) is 4.18. The number of ether oxygens (including phenoxy) is 1. The van der Waals surface area contributed by atoms with E-state index in [0.717, 1.165) is 17.8 Å². The lowest BCUT2D eigenvalue weighted by molar-refractivity contribution is 0.0946. The van der Waals surface area contributed by atoms with Crippen LogP contribution < -0.4 is 10.1 Å². The first-order valence-electron chi connectivity index (χ1n) is 7.86. The van der Waals surface area contributed by atoms with Crippen LogP contribution in [-0.2, 0) is 6.42 Å². The number of methoxy groups -OCH3 is 1. The molecule has 3 N–H and O–H groups in total. The largest absolute Gasteiger partial charge is 0.507 e. The molecule has 1 aromatic carbocycles. The number of phenols is 1. The fourth-order valence-corrected chi connectivity index (χ4v) is 2.89. The van der Waals surface area contributed by atoms with Crippen LogP contribution in [0, 0.1) is 0 Å². The maximum atomic E-state index is 11.9. The molecular formula is C18H16N4O3. The van der Waals surface area contributed by atoms with Crippen LogP contribution in [0.25, 0.3) is 22.8 Å². The average Bonchev–Trinajstić information content (AvgIpc) is 3.08. The zero-order valence-corrected chi connectivity index (χ0v) is 13.5. The van der Waals surface area contributed by atoms with E-state index in [4.69, 9.17) is 4.74 Å². The van der Waals surface area contributed by atoms with Crippen molar-refractivity contribution in [2.24, 2.45) is 0 Å². The highest BCUT2D eigenvalue weighted by atomic mass is 16.5. The zero-order chi connectivity index (χ0) is 17.4. The molecule has 0 saturated heterocycles.